The summed E-state index contributed by atoms with van der Waals surface area (Å²) in [5.41, 5.74) is 5.81. The standard InChI is InChI=1S/C13H18N2O2/c1-4-13(3,12(14)17)15-11(16)10-7-5-6-9(2)8-10/h5-8H,4H2,1-3H3,(H2,14,17)(H,15,16). The van der Waals surface area contributed by atoms with Crippen LogP contribution >= 0.6 is 0 Å². The highest BCUT2D eigenvalue weighted by Crippen LogP contribution is 2.11. The van der Waals surface area contributed by atoms with Crippen molar-refractivity contribution < 1.29 is 9.59 Å². The maximum atomic E-state index is 12.0. The van der Waals surface area contributed by atoms with Crippen molar-refractivity contribution in [1.82, 2.24) is 5.32 Å². The van der Waals surface area contributed by atoms with Crippen LogP contribution in [-0.4, -0.2) is 17.4 Å². The van der Waals surface area contributed by atoms with Gasteiger partial charge in [-0.2, -0.15) is 0 Å². The molecule has 0 heterocycles. The Morgan fingerprint density at radius 1 is 1.41 bits per heavy atom. The van der Waals surface area contributed by atoms with Crippen molar-refractivity contribution in [3.63, 3.8) is 0 Å². The number of aryl methyl sites for hydroxylation is 1. The van der Waals surface area contributed by atoms with E-state index in [0.717, 1.165) is 5.56 Å². The zero-order valence-corrected chi connectivity index (χ0v) is 10.4. The van der Waals surface area contributed by atoms with Crippen molar-refractivity contribution in [2.45, 2.75) is 32.7 Å². The van der Waals surface area contributed by atoms with Gasteiger partial charge in [0.15, 0.2) is 0 Å². The number of carbonyl (C=O) groups excluding carboxylic acids is 2. The lowest BCUT2D eigenvalue weighted by Gasteiger charge is -2.25. The molecule has 0 aliphatic carbocycles. The van der Waals surface area contributed by atoms with Crippen LogP contribution in [0.3, 0.4) is 0 Å². The third-order valence-corrected chi connectivity index (χ3v) is 2.92. The van der Waals surface area contributed by atoms with Gasteiger partial charge in [0.25, 0.3) is 5.91 Å². The van der Waals surface area contributed by atoms with E-state index in [2.05, 4.69) is 5.32 Å². The first-order valence-corrected chi connectivity index (χ1v) is 5.58. The molecule has 1 atom stereocenters. The Labute approximate surface area is 101 Å². The molecule has 3 N–H and O–H groups in total. The first-order valence-electron chi connectivity index (χ1n) is 5.58. The van der Waals surface area contributed by atoms with Crippen molar-refractivity contribution >= 4 is 11.8 Å². The molecule has 0 aromatic heterocycles. The molecule has 17 heavy (non-hydrogen) atoms. The summed E-state index contributed by atoms with van der Waals surface area (Å²) in [5, 5.41) is 2.67. The van der Waals surface area contributed by atoms with Crippen LogP contribution in [0.1, 0.15) is 36.2 Å². The molecule has 1 rings (SSSR count). The van der Waals surface area contributed by atoms with Crippen molar-refractivity contribution in [2.24, 2.45) is 5.73 Å². The smallest absolute Gasteiger partial charge is 0.252 e. The summed E-state index contributed by atoms with van der Waals surface area (Å²) in [6.45, 7) is 5.34. The number of benzene rings is 1. The second-order valence-corrected chi connectivity index (χ2v) is 4.37. The summed E-state index contributed by atoms with van der Waals surface area (Å²) < 4.78 is 0. The van der Waals surface area contributed by atoms with E-state index in [4.69, 9.17) is 5.73 Å². The molecule has 0 spiro atoms. The average Bonchev–Trinajstić information content (AvgIpc) is 2.28. The normalized spacial score (nSPS) is 13.8. The minimum Gasteiger partial charge on any atom is -0.368 e. The van der Waals surface area contributed by atoms with Crippen LogP contribution in [-0.2, 0) is 4.79 Å². The highest BCUT2D eigenvalue weighted by Gasteiger charge is 2.30. The number of nitrogens with two attached hydrogens (primary N) is 1. The lowest BCUT2D eigenvalue weighted by molar-refractivity contribution is -0.123. The molecule has 4 heteroatoms. The minimum absolute atomic E-state index is 0.281. The van der Waals surface area contributed by atoms with Gasteiger partial charge in [-0.1, -0.05) is 24.6 Å². The molecule has 0 aliphatic heterocycles. The van der Waals surface area contributed by atoms with E-state index in [1.54, 1.807) is 32.0 Å². The minimum atomic E-state index is -0.999. The van der Waals surface area contributed by atoms with Crippen LogP contribution in [0.25, 0.3) is 0 Å². The zero-order chi connectivity index (χ0) is 13.1. The summed E-state index contributed by atoms with van der Waals surface area (Å²) in [4.78, 5) is 23.3. The van der Waals surface area contributed by atoms with Gasteiger partial charge in [0, 0.05) is 5.56 Å². The second kappa shape index (κ2) is 4.99. The quantitative estimate of drug-likeness (QED) is 0.826. The zero-order valence-electron chi connectivity index (χ0n) is 10.4. The molecule has 0 bridgehead atoms. The largest absolute Gasteiger partial charge is 0.368 e. The van der Waals surface area contributed by atoms with E-state index in [1.807, 2.05) is 13.0 Å². The third-order valence-electron chi connectivity index (χ3n) is 2.92. The predicted molar refractivity (Wildman–Crippen MR) is 66.5 cm³/mol. The lowest BCUT2D eigenvalue weighted by atomic mass is 9.97. The van der Waals surface area contributed by atoms with Crippen LogP contribution in [0.4, 0.5) is 0 Å². The maximum absolute atomic E-state index is 12.0. The van der Waals surface area contributed by atoms with Crippen molar-refractivity contribution in [3.8, 4) is 0 Å². The van der Waals surface area contributed by atoms with Crippen LogP contribution in [0.2, 0.25) is 0 Å². The topological polar surface area (TPSA) is 72.2 Å². The van der Waals surface area contributed by atoms with Gasteiger partial charge >= 0.3 is 0 Å². The fourth-order valence-corrected chi connectivity index (χ4v) is 1.43. The fraction of sp³-hybridized carbons (Fsp3) is 0.385. The van der Waals surface area contributed by atoms with Crippen molar-refractivity contribution in [3.05, 3.63) is 35.4 Å². The van der Waals surface area contributed by atoms with Gasteiger partial charge in [0.1, 0.15) is 5.54 Å². The van der Waals surface area contributed by atoms with Gasteiger partial charge < -0.3 is 11.1 Å². The first-order chi connectivity index (χ1) is 7.89. The van der Waals surface area contributed by atoms with Crippen LogP contribution in [0.15, 0.2) is 24.3 Å². The Morgan fingerprint density at radius 3 is 2.53 bits per heavy atom. The lowest BCUT2D eigenvalue weighted by Crippen LogP contribution is -2.54. The molecule has 0 radical (unpaired) electrons. The van der Waals surface area contributed by atoms with Crippen molar-refractivity contribution in [2.75, 3.05) is 0 Å². The third kappa shape index (κ3) is 3.06. The molecule has 0 saturated heterocycles. The number of nitrogens with one attached hydrogen (secondary N) is 1. The molecule has 1 unspecified atom stereocenters. The SMILES string of the molecule is CCC(C)(NC(=O)c1cccc(C)c1)C(N)=O. The van der Waals surface area contributed by atoms with Crippen LogP contribution in [0, 0.1) is 6.92 Å². The van der Waals surface area contributed by atoms with E-state index < -0.39 is 11.4 Å². The molecule has 1 aromatic carbocycles. The highest BCUT2D eigenvalue weighted by atomic mass is 16.2. The van der Waals surface area contributed by atoms with Crippen LogP contribution < -0.4 is 11.1 Å². The summed E-state index contributed by atoms with van der Waals surface area (Å²) in [6.07, 6.45) is 0.458. The average molecular weight is 234 g/mol. The number of amides is 2. The monoisotopic (exact) mass is 234 g/mol. The summed E-state index contributed by atoms with van der Waals surface area (Å²) >= 11 is 0. The van der Waals surface area contributed by atoms with E-state index in [1.165, 1.54) is 0 Å². The molecule has 92 valence electrons. The van der Waals surface area contributed by atoms with Gasteiger partial charge in [0.2, 0.25) is 5.91 Å². The summed E-state index contributed by atoms with van der Waals surface area (Å²) in [5.74, 6) is -0.808. The van der Waals surface area contributed by atoms with Crippen LogP contribution in [0.5, 0.6) is 0 Å². The highest BCUT2D eigenvalue weighted by molar-refractivity contribution is 5.98. The van der Waals surface area contributed by atoms with Crippen molar-refractivity contribution in [1.29, 1.82) is 0 Å². The van der Waals surface area contributed by atoms with E-state index >= 15 is 0 Å². The Bertz CT molecular complexity index is 443. The Morgan fingerprint density at radius 2 is 2.06 bits per heavy atom. The van der Waals surface area contributed by atoms with Gasteiger partial charge in [-0.3, -0.25) is 9.59 Å². The molecule has 1 aromatic rings. The van der Waals surface area contributed by atoms with E-state index in [9.17, 15) is 9.59 Å². The number of rotatable bonds is 4. The Hall–Kier alpha value is -1.84. The van der Waals surface area contributed by atoms with E-state index in [-0.39, 0.29) is 5.91 Å². The Kier molecular flexibility index (Phi) is 3.89. The molecular formula is C13H18N2O2. The van der Waals surface area contributed by atoms with Gasteiger partial charge in [0.05, 0.1) is 0 Å². The number of carbonyl (C=O) groups is 2. The first kappa shape index (κ1) is 13.2. The predicted octanol–water partition coefficient (Wildman–Crippen LogP) is 1.38. The summed E-state index contributed by atoms with van der Waals surface area (Å²) in [6, 6.07) is 7.19. The van der Waals surface area contributed by atoms with E-state index in [0.29, 0.717) is 12.0 Å². The molecule has 2 amide bonds. The Balaban J connectivity index is 2.89. The summed E-state index contributed by atoms with van der Waals surface area (Å²) in [7, 11) is 0. The maximum Gasteiger partial charge on any atom is 0.252 e. The number of hydrogen-bond donors (Lipinski definition) is 2. The number of primary amides is 1. The second-order valence-electron chi connectivity index (χ2n) is 4.37. The van der Waals surface area contributed by atoms with Gasteiger partial charge in [-0.15, -0.1) is 0 Å². The molecular weight excluding hydrogens is 216 g/mol. The molecule has 0 saturated carbocycles. The molecule has 4 nitrogen and oxygen atoms in total. The molecule has 0 fully saturated rings. The van der Waals surface area contributed by atoms with Gasteiger partial charge in [-0.05, 0) is 32.4 Å². The number of hydrogen-bond acceptors (Lipinski definition) is 2. The van der Waals surface area contributed by atoms with Gasteiger partial charge in [-0.25, -0.2) is 0 Å². The molecule has 0 aliphatic rings. The fourth-order valence-electron chi connectivity index (χ4n) is 1.43.